The quantitative estimate of drug-likeness (QED) is 0.822. The van der Waals surface area contributed by atoms with Gasteiger partial charge >= 0.3 is 0 Å². The lowest BCUT2D eigenvalue weighted by Gasteiger charge is -2.46. The highest BCUT2D eigenvalue weighted by molar-refractivity contribution is 6.04. The molecule has 2 aromatic carbocycles. The van der Waals surface area contributed by atoms with Crippen LogP contribution >= 0.6 is 0 Å². The number of fused-ring (bicyclic) bond motifs is 2. The van der Waals surface area contributed by atoms with E-state index < -0.39 is 0 Å². The number of nitrogens with one attached hydrogen (secondary N) is 1. The predicted molar refractivity (Wildman–Crippen MR) is 114 cm³/mol. The molecule has 2 aromatic rings. The van der Waals surface area contributed by atoms with Gasteiger partial charge < -0.3 is 24.6 Å². The lowest BCUT2D eigenvalue weighted by atomic mass is 9.97. The Balaban J connectivity index is 1.54. The predicted octanol–water partition coefficient (Wildman–Crippen LogP) is 3.04. The summed E-state index contributed by atoms with van der Waals surface area (Å²) in [6.07, 6.45) is 3.17. The summed E-state index contributed by atoms with van der Waals surface area (Å²) >= 11 is 0. The summed E-state index contributed by atoms with van der Waals surface area (Å²) in [4.78, 5) is 29.8. The van der Waals surface area contributed by atoms with E-state index in [1.54, 1.807) is 26.4 Å². The van der Waals surface area contributed by atoms with E-state index in [0.29, 0.717) is 29.2 Å². The number of benzene rings is 2. The van der Waals surface area contributed by atoms with Gasteiger partial charge in [0, 0.05) is 31.3 Å². The summed E-state index contributed by atoms with van der Waals surface area (Å²) in [7, 11) is 5.19. The van der Waals surface area contributed by atoms with Crippen LogP contribution in [0.15, 0.2) is 36.4 Å². The second-order valence-corrected chi connectivity index (χ2v) is 7.68. The first-order valence-corrected chi connectivity index (χ1v) is 10.2. The number of amides is 2. The molecule has 30 heavy (non-hydrogen) atoms. The minimum atomic E-state index is -0.199. The van der Waals surface area contributed by atoms with Gasteiger partial charge in [-0.25, -0.2) is 0 Å². The van der Waals surface area contributed by atoms with Crippen molar-refractivity contribution in [1.82, 2.24) is 10.2 Å². The minimum absolute atomic E-state index is 0.0564. The minimum Gasteiger partial charge on any atom is -0.497 e. The largest absolute Gasteiger partial charge is 0.497 e. The Morgan fingerprint density at radius 2 is 1.97 bits per heavy atom. The monoisotopic (exact) mass is 409 g/mol. The Bertz CT molecular complexity index is 975. The number of ether oxygens (including phenoxy) is 2. The van der Waals surface area contributed by atoms with E-state index in [0.717, 1.165) is 37.1 Å². The first kappa shape index (κ1) is 20.1. The lowest BCUT2D eigenvalue weighted by Crippen LogP contribution is -2.55. The first-order valence-electron chi connectivity index (χ1n) is 10.2. The molecule has 4 rings (SSSR count). The number of carbonyl (C=O) groups excluding carboxylic acids is 2. The summed E-state index contributed by atoms with van der Waals surface area (Å²) in [5, 5.41) is 2.94. The van der Waals surface area contributed by atoms with Gasteiger partial charge in [-0.1, -0.05) is 0 Å². The summed E-state index contributed by atoms with van der Waals surface area (Å²) < 4.78 is 10.6. The van der Waals surface area contributed by atoms with Crippen molar-refractivity contribution in [3.63, 3.8) is 0 Å². The zero-order valence-corrected chi connectivity index (χ0v) is 17.6. The van der Waals surface area contributed by atoms with Crippen LogP contribution in [-0.4, -0.2) is 50.7 Å². The number of carbonyl (C=O) groups is 2. The van der Waals surface area contributed by atoms with Crippen LogP contribution in [0.2, 0.25) is 0 Å². The zero-order valence-electron chi connectivity index (χ0n) is 17.6. The third kappa shape index (κ3) is 3.56. The van der Waals surface area contributed by atoms with Crippen molar-refractivity contribution < 1.29 is 19.1 Å². The number of piperidine rings is 1. The Kier molecular flexibility index (Phi) is 5.53. The van der Waals surface area contributed by atoms with Crippen molar-refractivity contribution in [2.45, 2.75) is 32.0 Å². The van der Waals surface area contributed by atoms with Crippen molar-refractivity contribution in [2.24, 2.45) is 0 Å². The molecule has 2 aliphatic rings. The fraction of sp³-hybridized carbons (Fsp3) is 0.391. The normalized spacial score (nSPS) is 17.8. The number of anilines is 1. The maximum Gasteiger partial charge on any atom is 0.257 e. The molecule has 158 valence electrons. The summed E-state index contributed by atoms with van der Waals surface area (Å²) in [5.41, 5.74) is 2.82. The number of hydrogen-bond donors (Lipinski definition) is 1. The molecule has 0 spiro atoms. The molecular formula is C23H27N3O4. The topological polar surface area (TPSA) is 71.1 Å². The lowest BCUT2D eigenvalue weighted by molar-refractivity contribution is 0.0589. The molecule has 7 heteroatoms. The molecule has 1 fully saturated rings. The molecule has 7 nitrogen and oxygen atoms in total. The SMILES string of the molecule is COc1ccc(OC)c(CNC(=O)c2ccc3c(c2)N(C)[C@H]2CCCCN2C3=O)c1. The van der Waals surface area contributed by atoms with E-state index in [-0.39, 0.29) is 18.0 Å². The Morgan fingerprint density at radius 3 is 2.73 bits per heavy atom. The standard InChI is InChI=1S/C23H27N3O4/c1-25-19-13-15(7-9-18(19)23(28)26-11-5-4-6-21(25)26)22(27)24-14-16-12-17(29-2)8-10-20(16)30-3/h7-10,12-13,21H,4-6,11,14H2,1-3H3,(H,24,27)/t21-/m1/s1. The molecule has 1 saturated heterocycles. The van der Waals surface area contributed by atoms with Crippen molar-refractivity contribution in [1.29, 1.82) is 0 Å². The molecule has 0 bridgehead atoms. The van der Waals surface area contributed by atoms with Gasteiger partial charge in [0.15, 0.2) is 0 Å². The van der Waals surface area contributed by atoms with Crippen LogP contribution < -0.4 is 19.7 Å². The number of hydrogen-bond acceptors (Lipinski definition) is 5. The average Bonchev–Trinajstić information content (AvgIpc) is 2.80. The van der Waals surface area contributed by atoms with E-state index in [1.807, 2.05) is 36.2 Å². The zero-order chi connectivity index (χ0) is 21.3. The van der Waals surface area contributed by atoms with E-state index in [9.17, 15) is 9.59 Å². The maximum absolute atomic E-state index is 12.9. The fourth-order valence-electron chi connectivity index (χ4n) is 4.31. The molecule has 0 radical (unpaired) electrons. The molecular weight excluding hydrogens is 382 g/mol. The molecule has 2 aliphatic heterocycles. The fourth-order valence-corrected chi connectivity index (χ4v) is 4.31. The highest BCUT2D eigenvalue weighted by atomic mass is 16.5. The second-order valence-electron chi connectivity index (χ2n) is 7.68. The summed E-state index contributed by atoms with van der Waals surface area (Å²) in [6.45, 7) is 1.10. The van der Waals surface area contributed by atoms with Crippen LogP contribution in [0.4, 0.5) is 5.69 Å². The molecule has 1 atom stereocenters. The van der Waals surface area contributed by atoms with Crippen LogP contribution in [-0.2, 0) is 6.54 Å². The third-order valence-electron chi connectivity index (χ3n) is 5.98. The molecule has 0 aliphatic carbocycles. The smallest absolute Gasteiger partial charge is 0.257 e. The van der Waals surface area contributed by atoms with Gasteiger partial charge in [0.1, 0.15) is 17.7 Å². The third-order valence-corrected chi connectivity index (χ3v) is 5.98. The van der Waals surface area contributed by atoms with Gasteiger partial charge in [0.2, 0.25) is 0 Å². The van der Waals surface area contributed by atoms with Crippen LogP contribution in [0.25, 0.3) is 0 Å². The van der Waals surface area contributed by atoms with Gasteiger partial charge in [-0.3, -0.25) is 9.59 Å². The van der Waals surface area contributed by atoms with Gasteiger partial charge in [0.25, 0.3) is 11.8 Å². The van der Waals surface area contributed by atoms with Crippen LogP contribution in [0, 0.1) is 0 Å². The number of methoxy groups -OCH3 is 2. The molecule has 0 aromatic heterocycles. The highest BCUT2D eigenvalue weighted by Gasteiger charge is 2.37. The number of rotatable bonds is 5. The Hall–Kier alpha value is -3.22. The Labute approximate surface area is 176 Å². The molecule has 2 amide bonds. The van der Waals surface area contributed by atoms with Crippen LogP contribution in [0.5, 0.6) is 11.5 Å². The van der Waals surface area contributed by atoms with Gasteiger partial charge in [-0.15, -0.1) is 0 Å². The number of nitrogens with zero attached hydrogens (tertiary/aromatic N) is 2. The van der Waals surface area contributed by atoms with Crippen LogP contribution in [0.3, 0.4) is 0 Å². The molecule has 0 unspecified atom stereocenters. The summed E-state index contributed by atoms with van der Waals surface area (Å²) in [5.74, 6) is 1.24. The van der Waals surface area contributed by atoms with Crippen LogP contribution in [0.1, 0.15) is 45.5 Å². The van der Waals surface area contributed by atoms with Crippen molar-refractivity contribution in [3.8, 4) is 11.5 Å². The average molecular weight is 409 g/mol. The van der Waals surface area contributed by atoms with E-state index in [4.69, 9.17) is 9.47 Å². The van der Waals surface area contributed by atoms with E-state index >= 15 is 0 Å². The molecule has 0 saturated carbocycles. The summed E-state index contributed by atoms with van der Waals surface area (Å²) in [6, 6.07) is 10.8. The van der Waals surface area contributed by atoms with E-state index in [2.05, 4.69) is 10.2 Å². The molecule has 1 N–H and O–H groups in total. The van der Waals surface area contributed by atoms with Gasteiger partial charge in [0.05, 0.1) is 25.5 Å². The second kappa shape index (κ2) is 8.26. The van der Waals surface area contributed by atoms with E-state index in [1.165, 1.54) is 0 Å². The highest BCUT2D eigenvalue weighted by Crippen LogP contribution is 2.34. The van der Waals surface area contributed by atoms with Crippen molar-refractivity contribution >= 4 is 17.5 Å². The first-order chi connectivity index (χ1) is 14.5. The van der Waals surface area contributed by atoms with Crippen molar-refractivity contribution in [3.05, 3.63) is 53.1 Å². The molecule has 2 heterocycles. The van der Waals surface area contributed by atoms with Gasteiger partial charge in [-0.2, -0.15) is 0 Å². The Morgan fingerprint density at radius 1 is 1.13 bits per heavy atom. The maximum atomic E-state index is 12.9. The van der Waals surface area contributed by atoms with Crippen molar-refractivity contribution in [2.75, 3.05) is 32.7 Å². The van der Waals surface area contributed by atoms with Gasteiger partial charge in [-0.05, 0) is 55.7 Å².